The van der Waals surface area contributed by atoms with Crippen molar-refractivity contribution in [3.8, 4) is 5.75 Å². The fraction of sp³-hybridized carbons (Fsp3) is 0.412. The smallest absolute Gasteiger partial charge is 0.405 e. The molecule has 0 bridgehead atoms. The van der Waals surface area contributed by atoms with Crippen molar-refractivity contribution in [1.29, 1.82) is 0 Å². The second-order valence-electron chi connectivity index (χ2n) is 5.94. The molecule has 0 radical (unpaired) electrons. The number of nitrogens with zero attached hydrogens (tertiary/aromatic N) is 1. The molecule has 2 atom stereocenters. The largest absolute Gasteiger partial charge is 0.573 e. The van der Waals surface area contributed by atoms with Crippen LogP contribution in [0, 0.1) is 5.92 Å². The molecule has 1 heterocycles. The molecule has 1 aromatic rings. The highest BCUT2D eigenvalue weighted by Gasteiger charge is 2.32. The zero-order valence-electron chi connectivity index (χ0n) is 13.6. The van der Waals surface area contributed by atoms with Crippen molar-refractivity contribution in [2.24, 2.45) is 11.7 Å². The van der Waals surface area contributed by atoms with Crippen LogP contribution >= 0.6 is 0 Å². The van der Waals surface area contributed by atoms with Crippen LogP contribution in [-0.2, 0) is 9.59 Å². The first-order chi connectivity index (χ1) is 11.7. The zero-order chi connectivity index (χ0) is 18.6. The van der Waals surface area contributed by atoms with E-state index in [4.69, 9.17) is 5.73 Å². The quantitative estimate of drug-likeness (QED) is 0.843. The van der Waals surface area contributed by atoms with E-state index in [0.29, 0.717) is 12.8 Å². The summed E-state index contributed by atoms with van der Waals surface area (Å²) in [7, 11) is 0. The summed E-state index contributed by atoms with van der Waals surface area (Å²) in [5.74, 6) is -1.65. The number of primary amides is 1. The highest BCUT2D eigenvalue weighted by atomic mass is 19.4. The third-order valence-corrected chi connectivity index (χ3v) is 4.12. The Labute approximate surface area is 143 Å². The predicted octanol–water partition coefficient (Wildman–Crippen LogP) is 2.71. The lowest BCUT2D eigenvalue weighted by molar-refractivity contribution is -0.274. The number of halogens is 3. The lowest BCUT2D eigenvalue weighted by Crippen LogP contribution is -2.48. The summed E-state index contributed by atoms with van der Waals surface area (Å²) in [4.78, 5) is 25.2. The number of hydrogen-bond donors (Lipinski definition) is 1. The molecule has 1 aliphatic rings. The van der Waals surface area contributed by atoms with Gasteiger partial charge in [0.2, 0.25) is 11.8 Å². The van der Waals surface area contributed by atoms with E-state index >= 15 is 0 Å². The number of para-hydroxylation sites is 1. The van der Waals surface area contributed by atoms with Crippen molar-refractivity contribution >= 4 is 17.9 Å². The first-order valence-electron chi connectivity index (χ1n) is 7.80. The Hall–Kier alpha value is -2.51. The van der Waals surface area contributed by atoms with E-state index < -0.39 is 18.2 Å². The van der Waals surface area contributed by atoms with Crippen LogP contribution in [0.3, 0.4) is 0 Å². The average Bonchev–Trinajstić information content (AvgIpc) is 2.52. The van der Waals surface area contributed by atoms with Crippen LogP contribution in [0.5, 0.6) is 5.75 Å². The van der Waals surface area contributed by atoms with Crippen molar-refractivity contribution in [3.63, 3.8) is 0 Å². The van der Waals surface area contributed by atoms with Gasteiger partial charge in [-0.15, -0.1) is 13.2 Å². The van der Waals surface area contributed by atoms with Crippen LogP contribution in [0.15, 0.2) is 30.3 Å². The lowest BCUT2D eigenvalue weighted by atomic mass is 9.93. The molecular formula is C17H19F3N2O3. The van der Waals surface area contributed by atoms with Gasteiger partial charge in [0.25, 0.3) is 0 Å². The Balaban J connectivity index is 2.13. The highest BCUT2D eigenvalue weighted by Crippen LogP contribution is 2.27. The summed E-state index contributed by atoms with van der Waals surface area (Å²) < 4.78 is 41.2. The number of hydrogen-bond acceptors (Lipinski definition) is 3. The minimum Gasteiger partial charge on any atom is -0.405 e. The van der Waals surface area contributed by atoms with Crippen LogP contribution in [-0.4, -0.2) is 35.7 Å². The molecule has 8 heteroatoms. The van der Waals surface area contributed by atoms with Gasteiger partial charge < -0.3 is 15.4 Å². The van der Waals surface area contributed by atoms with Crippen LogP contribution in [0.1, 0.15) is 25.3 Å². The fourth-order valence-electron chi connectivity index (χ4n) is 2.74. The molecule has 0 spiro atoms. The van der Waals surface area contributed by atoms with E-state index in [1.807, 2.05) is 6.92 Å². The van der Waals surface area contributed by atoms with Crippen molar-refractivity contribution in [1.82, 2.24) is 4.90 Å². The Morgan fingerprint density at radius 2 is 1.96 bits per heavy atom. The van der Waals surface area contributed by atoms with E-state index in [2.05, 4.69) is 4.74 Å². The van der Waals surface area contributed by atoms with E-state index in [0.717, 1.165) is 0 Å². The lowest BCUT2D eigenvalue weighted by Gasteiger charge is -2.36. The summed E-state index contributed by atoms with van der Waals surface area (Å²) in [5, 5.41) is 0. The van der Waals surface area contributed by atoms with Gasteiger partial charge in [0.15, 0.2) is 0 Å². The topological polar surface area (TPSA) is 72.6 Å². The Bertz CT molecular complexity index is 673. The van der Waals surface area contributed by atoms with Crippen LogP contribution in [0.25, 0.3) is 6.08 Å². The molecule has 0 saturated carbocycles. The SMILES string of the molecule is C[C@@H]1CC[C@H](C(N)=O)CN1C(=O)/C=C/c1ccccc1OC(F)(F)F. The number of likely N-dealkylation sites (tertiary alicyclic amines) is 1. The number of ether oxygens (including phenoxy) is 1. The molecule has 0 aromatic heterocycles. The van der Waals surface area contributed by atoms with Crippen molar-refractivity contribution in [3.05, 3.63) is 35.9 Å². The van der Waals surface area contributed by atoms with Gasteiger partial charge in [-0.3, -0.25) is 9.59 Å². The molecule has 0 aliphatic carbocycles. The minimum atomic E-state index is -4.82. The molecule has 1 aromatic carbocycles. The first-order valence-corrected chi connectivity index (χ1v) is 7.80. The molecule has 2 amide bonds. The summed E-state index contributed by atoms with van der Waals surface area (Å²) in [6.45, 7) is 2.06. The van der Waals surface area contributed by atoms with Crippen LogP contribution < -0.4 is 10.5 Å². The molecule has 5 nitrogen and oxygen atoms in total. The number of nitrogens with two attached hydrogens (primary N) is 1. The average molecular weight is 356 g/mol. The molecule has 25 heavy (non-hydrogen) atoms. The standard InChI is InChI=1S/C17H19F3N2O3/c1-11-6-7-13(16(21)24)10-22(11)15(23)9-8-12-4-2-3-5-14(12)25-17(18,19)20/h2-5,8-9,11,13H,6-7,10H2,1H3,(H2,21,24)/b9-8+/t11-,13+/m1/s1. The molecule has 2 N–H and O–H groups in total. The maximum atomic E-state index is 12.4. The van der Waals surface area contributed by atoms with Crippen molar-refractivity contribution < 1.29 is 27.5 Å². The third-order valence-electron chi connectivity index (χ3n) is 4.12. The van der Waals surface area contributed by atoms with Crippen LogP contribution in [0.2, 0.25) is 0 Å². The van der Waals surface area contributed by atoms with E-state index in [-0.39, 0.29) is 29.8 Å². The van der Waals surface area contributed by atoms with E-state index in [1.165, 1.54) is 35.3 Å². The third kappa shape index (κ3) is 5.23. The van der Waals surface area contributed by atoms with Gasteiger partial charge in [-0.25, -0.2) is 0 Å². The van der Waals surface area contributed by atoms with Gasteiger partial charge in [-0.2, -0.15) is 0 Å². The summed E-state index contributed by atoms with van der Waals surface area (Å²) in [6.07, 6.45) is -1.11. The Morgan fingerprint density at radius 1 is 1.28 bits per heavy atom. The second-order valence-corrected chi connectivity index (χ2v) is 5.94. The van der Waals surface area contributed by atoms with Gasteiger partial charge in [-0.05, 0) is 31.9 Å². The predicted molar refractivity (Wildman–Crippen MR) is 85.3 cm³/mol. The first kappa shape index (κ1) is 18.8. The van der Waals surface area contributed by atoms with Gasteiger partial charge in [0, 0.05) is 24.2 Å². The monoisotopic (exact) mass is 356 g/mol. The zero-order valence-corrected chi connectivity index (χ0v) is 13.6. The molecule has 1 saturated heterocycles. The van der Waals surface area contributed by atoms with E-state index in [1.54, 1.807) is 6.07 Å². The summed E-state index contributed by atoms with van der Waals surface area (Å²) >= 11 is 0. The molecule has 1 fully saturated rings. The van der Waals surface area contributed by atoms with Crippen LogP contribution in [0.4, 0.5) is 13.2 Å². The molecule has 136 valence electrons. The molecule has 2 rings (SSSR count). The summed E-state index contributed by atoms with van der Waals surface area (Å²) in [6, 6.07) is 5.46. The maximum absolute atomic E-state index is 12.4. The highest BCUT2D eigenvalue weighted by molar-refractivity contribution is 5.93. The Kier molecular flexibility index (Phi) is 5.71. The number of benzene rings is 1. The summed E-state index contributed by atoms with van der Waals surface area (Å²) in [5.41, 5.74) is 5.43. The normalized spacial score (nSPS) is 21.4. The number of rotatable bonds is 4. The second kappa shape index (κ2) is 7.58. The van der Waals surface area contributed by atoms with Gasteiger partial charge >= 0.3 is 6.36 Å². The Morgan fingerprint density at radius 3 is 2.60 bits per heavy atom. The molecular weight excluding hydrogens is 337 g/mol. The molecule has 0 unspecified atom stereocenters. The van der Waals surface area contributed by atoms with Gasteiger partial charge in [0.1, 0.15) is 5.75 Å². The van der Waals surface area contributed by atoms with Gasteiger partial charge in [-0.1, -0.05) is 18.2 Å². The van der Waals surface area contributed by atoms with Crippen molar-refractivity contribution in [2.45, 2.75) is 32.2 Å². The minimum absolute atomic E-state index is 0.0746. The number of piperidine rings is 1. The number of carbonyl (C=O) groups excluding carboxylic acids is 2. The van der Waals surface area contributed by atoms with Gasteiger partial charge in [0.05, 0.1) is 5.92 Å². The van der Waals surface area contributed by atoms with E-state index in [9.17, 15) is 22.8 Å². The fourth-order valence-corrected chi connectivity index (χ4v) is 2.74. The van der Waals surface area contributed by atoms with Crippen molar-refractivity contribution in [2.75, 3.05) is 6.54 Å². The number of alkyl halides is 3. The molecule has 1 aliphatic heterocycles. The number of amides is 2. The maximum Gasteiger partial charge on any atom is 0.573 e. The number of carbonyl (C=O) groups is 2.